The van der Waals surface area contributed by atoms with E-state index in [0.717, 1.165) is 35.8 Å². The molecule has 18 heavy (non-hydrogen) atoms. The third-order valence-electron chi connectivity index (χ3n) is 3.09. The van der Waals surface area contributed by atoms with E-state index in [-0.39, 0.29) is 6.04 Å². The van der Waals surface area contributed by atoms with Crippen molar-refractivity contribution >= 4 is 29.1 Å². The van der Waals surface area contributed by atoms with Crippen molar-refractivity contribution < 1.29 is 0 Å². The molecular weight excluding hydrogens is 264 g/mol. The molecule has 0 heterocycles. The van der Waals surface area contributed by atoms with Gasteiger partial charge in [0, 0.05) is 25.4 Å². The molecule has 0 radical (unpaired) electrons. The fourth-order valence-electron chi connectivity index (χ4n) is 1.92. The van der Waals surface area contributed by atoms with Crippen LogP contribution in [-0.4, -0.2) is 31.6 Å². The Balaban J connectivity index is 2.92. The zero-order valence-electron chi connectivity index (χ0n) is 11.4. The Bertz CT molecular complexity index is 371. The van der Waals surface area contributed by atoms with Crippen molar-refractivity contribution in [1.29, 1.82) is 0 Å². The Morgan fingerprint density at radius 3 is 2.78 bits per heavy atom. The minimum Gasteiger partial charge on any atom is -0.372 e. The van der Waals surface area contributed by atoms with Gasteiger partial charge in [0.05, 0.1) is 10.7 Å². The summed E-state index contributed by atoms with van der Waals surface area (Å²) in [7, 11) is 2.10. The largest absolute Gasteiger partial charge is 0.372 e. The number of hydrogen-bond acceptors (Lipinski definition) is 3. The van der Waals surface area contributed by atoms with E-state index in [9.17, 15) is 0 Å². The lowest BCUT2D eigenvalue weighted by molar-refractivity contribution is 0.645. The first-order valence-corrected chi connectivity index (χ1v) is 8.10. The highest BCUT2D eigenvalue weighted by molar-refractivity contribution is 7.98. The van der Waals surface area contributed by atoms with Gasteiger partial charge in [0.1, 0.15) is 0 Å². The van der Waals surface area contributed by atoms with Crippen molar-refractivity contribution in [1.82, 2.24) is 0 Å². The number of rotatable bonds is 7. The third kappa shape index (κ3) is 4.38. The molecule has 0 fully saturated rings. The number of thioether (sulfide) groups is 1. The molecule has 0 bridgehead atoms. The smallest absolute Gasteiger partial charge is 0.0642 e. The molecule has 2 nitrogen and oxygen atoms in total. The van der Waals surface area contributed by atoms with Crippen molar-refractivity contribution in [2.45, 2.75) is 25.8 Å². The molecule has 0 aliphatic carbocycles. The quantitative estimate of drug-likeness (QED) is 0.833. The molecule has 0 saturated carbocycles. The second-order valence-electron chi connectivity index (χ2n) is 4.53. The molecule has 0 aliphatic rings. The molecule has 0 amide bonds. The number of halogens is 1. The van der Waals surface area contributed by atoms with Crippen LogP contribution in [0.2, 0.25) is 5.02 Å². The summed E-state index contributed by atoms with van der Waals surface area (Å²) < 4.78 is 0. The van der Waals surface area contributed by atoms with E-state index in [1.807, 2.05) is 23.9 Å². The van der Waals surface area contributed by atoms with Gasteiger partial charge in [-0.05, 0) is 30.7 Å². The standard InChI is InChI=1S/C14H23ClN2S/c1-4-12(16)10-11-6-5-7-13(15)14(11)17(2)8-9-18-3/h5-7,12H,4,8-10,16H2,1-3H3. The van der Waals surface area contributed by atoms with Gasteiger partial charge in [0.15, 0.2) is 0 Å². The van der Waals surface area contributed by atoms with Crippen LogP contribution < -0.4 is 10.6 Å². The maximum Gasteiger partial charge on any atom is 0.0642 e. The zero-order valence-corrected chi connectivity index (χ0v) is 13.0. The van der Waals surface area contributed by atoms with Gasteiger partial charge in [-0.25, -0.2) is 0 Å². The lowest BCUT2D eigenvalue weighted by Crippen LogP contribution is -2.26. The number of anilines is 1. The van der Waals surface area contributed by atoms with Crippen LogP contribution in [0.25, 0.3) is 0 Å². The normalized spacial score (nSPS) is 12.5. The summed E-state index contributed by atoms with van der Waals surface area (Å²) in [4.78, 5) is 2.23. The molecule has 0 aliphatic heterocycles. The molecule has 0 aromatic heterocycles. The number of hydrogen-bond donors (Lipinski definition) is 1. The lowest BCUT2D eigenvalue weighted by Gasteiger charge is -2.24. The fraction of sp³-hybridized carbons (Fsp3) is 0.571. The molecule has 2 N–H and O–H groups in total. The van der Waals surface area contributed by atoms with Gasteiger partial charge >= 0.3 is 0 Å². The van der Waals surface area contributed by atoms with Gasteiger partial charge in [0.2, 0.25) is 0 Å². The zero-order chi connectivity index (χ0) is 13.5. The molecule has 1 atom stereocenters. The van der Waals surface area contributed by atoms with Gasteiger partial charge < -0.3 is 10.6 Å². The van der Waals surface area contributed by atoms with Crippen molar-refractivity contribution in [3.05, 3.63) is 28.8 Å². The van der Waals surface area contributed by atoms with Crippen molar-refractivity contribution in [2.24, 2.45) is 5.73 Å². The van der Waals surface area contributed by atoms with E-state index in [4.69, 9.17) is 17.3 Å². The summed E-state index contributed by atoms with van der Waals surface area (Å²) >= 11 is 8.19. The number of nitrogens with zero attached hydrogens (tertiary/aromatic N) is 1. The first-order valence-electron chi connectivity index (χ1n) is 6.33. The molecule has 0 saturated heterocycles. The Morgan fingerprint density at radius 2 is 2.17 bits per heavy atom. The van der Waals surface area contributed by atoms with Gasteiger partial charge in [0.25, 0.3) is 0 Å². The monoisotopic (exact) mass is 286 g/mol. The fourth-order valence-corrected chi connectivity index (χ4v) is 2.71. The summed E-state index contributed by atoms with van der Waals surface area (Å²) in [5.41, 5.74) is 8.45. The summed E-state index contributed by atoms with van der Waals surface area (Å²) in [6.45, 7) is 3.12. The molecule has 1 aromatic rings. The van der Waals surface area contributed by atoms with E-state index in [1.165, 1.54) is 5.56 Å². The van der Waals surface area contributed by atoms with Crippen LogP contribution in [0.3, 0.4) is 0 Å². The Labute approximate surface area is 120 Å². The molecular formula is C14H23ClN2S. The molecule has 0 spiro atoms. The molecule has 1 aromatic carbocycles. The van der Waals surface area contributed by atoms with Crippen molar-refractivity contribution in [2.75, 3.05) is 30.5 Å². The van der Waals surface area contributed by atoms with E-state index in [1.54, 1.807) is 0 Å². The van der Waals surface area contributed by atoms with Crippen molar-refractivity contribution in [3.8, 4) is 0 Å². The third-order valence-corrected chi connectivity index (χ3v) is 3.99. The average molecular weight is 287 g/mol. The maximum atomic E-state index is 6.34. The summed E-state index contributed by atoms with van der Waals surface area (Å²) in [6.07, 6.45) is 3.99. The Morgan fingerprint density at radius 1 is 1.44 bits per heavy atom. The van der Waals surface area contributed by atoms with E-state index < -0.39 is 0 Å². The Kier molecular flexibility index (Phi) is 6.90. The molecule has 4 heteroatoms. The first-order chi connectivity index (χ1) is 8.60. The number of para-hydroxylation sites is 1. The lowest BCUT2D eigenvalue weighted by atomic mass is 10.0. The highest BCUT2D eigenvalue weighted by atomic mass is 35.5. The highest BCUT2D eigenvalue weighted by Gasteiger charge is 2.13. The first kappa shape index (κ1) is 15.7. The summed E-state index contributed by atoms with van der Waals surface area (Å²) in [5, 5.41) is 0.819. The second-order valence-corrected chi connectivity index (χ2v) is 5.93. The van der Waals surface area contributed by atoms with E-state index >= 15 is 0 Å². The van der Waals surface area contributed by atoms with Crippen LogP contribution >= 0.6 is 23.4 Å². The van der Waals surface area contributed by atoms with Gasteiger partial charge in [-0.2, -0.15) is 11.8 Å². The second kappa shape index (κ2) is 7.93. The minimum atomic E-state index is 0.205. The van der Waals surface area contributed by atoms with Crippen LogP contribution in [0.15, 0.2) is 18.2 Å². The number of benzene rings is 1. The molecule has 1 rings (SSSR count). The predicted octanol–water partition coefficient (Wildman–Crippen LogP) is 3.42. The topological polar surface area (TPSA) is 29.3 Å². The van der Waals surface area contributed by atoms with Crippen LogP contribution in [0, 0.1) is 0 Å². The van der Waals surface area contributed by atoms with Gasteiger partial charge in [-0.1, -0.05) is 30.7 Å². The SMILES string of the molecule is CCC(N)Cc1cccc(Cl)c1N(C)CCSC. The molecule has 102 valence electrons. The van der Waals surface area contributed by atoms with Crippen LogP contribution in [0.4, 0.5) is 5.69 Å². The van der Waals surface area contributed by atoms with Crippen LogP contribution in [0.1, 0.15) is 18.9 Å². The minimum absolute atomic E-state index is 0.205. The van der Waals surface area contributed by atoms with Crippen LogP contribution in [-0.2, 0) is 6.42 Å². The van der Waals surface area contributed by atoms with Crippen molar-refractivity contribution in [3.63, 3.8) is 0 Å². The maximum absolute atomic E-state index is 6.34. The summed E-state index contributed by atoms with van der Waals surface area (Å²) in [6, 6.07) is 6.29. The van der Waals surface area contributed by atoms with Gasteiger partial charge in [-0.15, -0.1) is 0 Å². The Hall–Kier alpha value is -0.380. The van der Waals surface area contributed by atoms with Crippen LogP contribution in [0.5, 0.6) is 0 Å². The van der Waals surface area contributed by atoms with Gasteiger partial charge in [-0.3, -0.25) is 0 Å². The van der Waals surface area contributed by atoms with E-state index in [2.05, 4.69) is 31.2 Å². The summed E-state index contributed by atoms with van der Waals surface area (Å²) in [5.74, 6) is 1.10. The van der Waals surface area contributed by atoms with E-state index in [0.29, 0.717) is 0 Å². The average Bonchev–Trinajstić information content (AvgIpc) is 2.36. The molecule has 1 unspecified atom stereocenters. The highest BCUT2D eigenvalue weighted by Crippen LogP contribution is 2.30. The predicted molar refractivity (Wildman–Crippen MR) is 85.1 cm³/mol. The number of nitrogens with two attached hydrogens (primary N) is 1.